The average molecular weight is 664 g/mol. The molecule has 5 nitrogen and oxygen atoms in total. The summed E-state index contributed by atoms with van der Waals surface area (Å²) in [7, 11) is 0. The van der Waals surface area contributed by atoms with Crippen molar-refractivity contribution in [2.24, 2.45) is 0 Å². The fourth-order valence-corrected chi connectivity index (χ4v) is 8.11. The highest BCUT2D eigenvalue weighted by atomic mass is 15.2. The summed E-state index contributed by atoms with van der Waals surface area (Å²) in [6.45, 7) is 0. The smallest absolute Gasteiger partial charge is 0.235 e. The van der Waals surface area contributed by atoms with E-state index in [9.17, 15) is 0 Å². The lowest BCUT2D eigenvalue weighted by Gasteiger charge is -2.15. The van der Waals surface area contributed by atoms with Gasteiger partial charge in [0.15, 0.2) is 0 Å². The number of benzene rings is 7. The van der Waals surface area contributed by atoms with Crippen molar-refractivity contribution < 1.29 is 0 Å². The Kier molecular flexibility index (Phi) is 6.18. The van der Waals surface area contributed by atoms with Gasteiger partial charge in [0.25, 0.3) is 0 Å². The van der Waals surface area contributed by atoms with Gasteiger partial charge < -0.3 is 4.57 Å². The van der Waals surface area contributed by atoms with E-state index in [1.54, 1.807) is 0 Å². The van der Waals surface area contributed by atoms with Gasteiger partial charge in [0.1, 0.15) is 0 Å². The van der Waals surface area contributed by atoms with Crippen molar-refractivity contribution in [2.45, 2.75) is 0 Å². The van der Waals surface area contributed by atoms with E-state index in [0.29, 0.717) is 5.95 Å². The van der Waals surface area contributed by atoms with Crippen LogP contribution in [0.3, 0.4) is 0 Å². The highest BCUT2D eigenvalue weighted by Crippen LogP contribution is 2.42. The van der Waals surface area contributed by atoms with Crippen molar-refractivity contribution in [3.8, 4) is 34.2 Å². The summed E-state index contributed by atoms with van der Waals surface area (Å²) in [5.74, 6) is 0.636. The molecule has 4 aromatic heterocycles. The molecule has 0 fully saturated rings. The van der Waals surface area contributed by atoms with E-state index in [2.05, 4.69) is 160 Å². The Balaban J connectivity index is 1.23. The maximum Gasteiger partial charge on any atom is 0.235 e. The van der Waals surface area contributed by atoms with E-state index >= 15 is 0 Å². The Morgan fingerprint density at radius 2 is 0.942 bits per heavy atom. The van der Waals surface area contributed by atoms with E-state index < -0.39 is 0 Å². The van der Waals surface area contributed by atoms with Gasteiger partial charge in [0, 0.05) is 49.6 Å². The standard InChI is InChI=1S/C47H29N5/c1-2-16-35-34(15-1)43(51-40-21-8-4-13-32(40)33-14-5-9-22-41(33)51)29-44-45(35)37-18-6-10-23-42(37)52(44)47-49-39-20-7-3-17-36(39)46(50-47)31-26-24-30(25-27-31)38-19-11-12-28-48-38/h1-29H. The van der Waals surface area contributed by atoms with Crippen molar-refractivity contribution in [3.63, 3.8) is 0 Å². The molecule has 0 amide bonds. The zero-order valence-corrected chi connectivity index (χ0v) is 28.0. The van der Waals surface area contributed by atoms with Crippen LogP contribution in [0.25, 0.3) is 99.4 Å². The third kappa shape index (κ3) is 4.20. The molecular weight excluding hydrogens is 635 g/mol. The molecule has 0 bridgehead atoms. The summed E-state index contributed by atoms with van der Waals surface area (Å²) in [6, 6.07) is 60.0. The SMILES string of the molecule is c1ccc(-c2ccc(-c3nc(-n4c5ccccc5c5c6ccccc6c(-n6c7ccccc7c7ccccc76)cc54)nc4ccccc34)cc2)nc1. The predicted molar refractivity (Wildman–Crippen MR) is 214 cm³/mol. The van der Waals surface area contributed by atoms with Crippen LogP contribution in [0.5, 0.6) is 0 Å². The van der Waals surface area contributed by atoms with Gasteiger partial charge in [-0.2, -0.15) is 0 Å². The van der Waals surface area contributed by atoms with E-state index in [1.165, 1.54) is 43.4 Å². The Labute approximate surface area is 298 Å². The molecule has 7 aromatic carbocycles. The van der Waals surface area contributed by atoms with E-state index in [1.807, 2.05) is 30.5 Å². The molecule has 4 heterocycles. The molecule has 0 N–H and O–H groups in total. The quantitative estimate of drug-likeness (QED) is 0.188. The van der Waals surface area contributed by atoms with Gasteiger partial charge in [-0.3, -0.25) is 9.55 Å². The van der Waals surface area contributed by atoms with Crippen molar-refractivity contribution in [2.75, 3.05) is 0 Å². The number of aromatic nitrogens is 5. The second-order valence-corrected chi connectivity index (χ2v) is 13.2. The number of rotatable bonds is 4. The fourth-order valence-electron chi connectivity index (χ4n) is 8.11. The maximum absolute atomic E-state index is 5.42. The summed E-state index contributed by atoms with van der Waals surface area (Å²) < 4.78 is 4.68. The average Bonchev–Trinajstić information content (AvgIpc) is 3.73. The van der Waals surface area contributed by atoms with Crippen LogP contribution in [0.4, 0.5) is 0 Å². The number of pyridine rings is 1. The van der Waals surface area contributed by atoms with E-state index in [-0.39, 0.29) is 0 Å². The minimum atomic E-state index is 0.636. The topological polar surface area (TPSA) is 48.5 Å². The van der Waals surface area contributed by atoms with Crippen LogP contribution in [-0.2, 0) is 0 Å². The van der Waals surface area contributed by atoms with Gasteiger partial charge in [-0.1, -0.05) is 127 Å². The first-order chi connectivity index (χ1) is 25.8. The molecule has 0 aliphatic carbocycles. The first-order valence-electron chi connectivity index (χ1n) is 17.5. The number of nitrogens with zero attached hydrogens (tertiary/aromatic N) is 5. The third-order valence-electron chi connectivity index (χ3n) is 10.4. The molecular formula is C47H29N5. The summed E-state index contributed by atoms with van der Waals surface area (Å²) in [5, 5.41) is 8.22. The Bertz CT molecular complexity index is 3120. The van der Waals surface area contributed by atoms with Crippen molar-refractivity contribution >= 4 is 65.3 Å². The third-order valence-corrected chi connectivity index (χ3v) is 10.4. The summed E-state index contributed by atoms with van der Waals surface area (Å²) in [5.41, 5.74) is 10.4. The highest BCUT2D eigenvalue weighted by Gasteiger charge is 2.22. The highest BCUT2D eigenvalue weighted by molar-refractivity contribution is 6.24. The molecule has 0 unspecified atom stereocenters. The first-order valence-corrected chi connectivity index (χ1v) is 17.5. The van der Waals surface area contributed by atoms with Gasteiger partial charge in [0.05, 0.1) is 44.7 Å². The molecule has 0 atom stereocenters. The predicted octanol–water partition coefficient (Wildman–Crippen LogP) is 11.7. The van der Waals surface area contributed by atoms with Crippen LogP contribution in [0.2, 0.25) is 0 Å². The molecule has 0 aliphatic heterocycles. The Morgan fingerprint density at radius 1 is 0.385 bits per heavy atom. The van der Waals surface area contributed by atoms with E-state index in [4.69, 9.17) is 9.97 Å². The van der Waals surface area contributed by atoms with E-state index in [0.717, 1.165) is 50.1 Å². The van der Waals surface area contributed by atoms with Crippen LogP contribution in [0, 0.1) is 0 Å². The second kappa shape index (κ2) is 11.2. The summed E-state index contributed by atoms with van der Waals surface area (Å²) in [6.07, 6.45) is 1.83. The molecule has 52 heavy (non-hydrogen) atoms. The molecule has 0 radical (unpaired) electrons. The van der Waals surface area contributed by atoms with Crippen LogP contribution >= 0.6 is 0 Å². The van der Waals surface area contributed by atoms with Crippen molar-refractivity contribution in [3.05, 3.63) is 176 Å². The van der Waals surface area contributed by atoms with Crippen LogP contribution < -0.4 is 0 Å². The van der Waals surface area contributed by atoms with Gasteiger partial charge in [-0.05, 0) is 47.9 Å². The normalized spacial score (nSPS) is 11.8. The monoisotopic (exact) mass is 663 g/mol. The Hall–Kier alpha value is -7.11. The Morgan fingerprint density at radius 3 is 1.63 bits per heavy atom. The molecule has 0 spiro atoms. The first kappa shape index (κ1) is 28.7. The summed E-state index contributed by atoms with van der Waals surface area (Å²) >= 11 is 0. The largest absolute Gasteiger partial charge is 0.309 e. The molecule has 11 aromatic rings. The molecule has 0 aliphatic rings. The minimum absolute atomic E-state index is 0.636. The zero-order valence-electron chi connectivity index (χ0n) is 28.0. The molecule has 0 saturated carbocycles. The molecule has 5 heteroatoms. The van der Waals surface area contributed by atoms with Gasteiger partial charge in [0.2, 0.25) is 5.95 Å². The zero-order chi connectivity index (χ0) is 34.2. The molecule has 0 saturated heterocycles. The number of para-hydroxylation sites is 4. The molecule has 11 rings (SSSR count). The maximum atomic E-state index is 5.42. The van der Waals surface area contributed by atoms with Crippen molar-refractivity contribution in [1.29, 1.82) is 0 Å². The van der Waals surface area contributed by atoms with Gasteiger partial charge in [-0.25, -0.2) is 9.97 Å². The minimum Gasteiger partial charge on any atom is -0.309 e. The number of hydrogen-bond acceptors (Lipinski definition) is 3. The lowest BCUT2D eigenvalue weighted by Crippen LogP contribution is -2.04. The molecule has 242 valence electrons. The van der Waals surface area contributed by atoms with Crippen molar-refractivity contribution in [1.82, 2.24) is 24.1 Å². The number of fused-ring (bicyclic) bond motifs is 9. The fraction of sp³-hybridized carbons (Fsp3) is 0. The lowest BCUT2D eigenvalue weighted by atomic mass is 10.0. The van der Waals surface area contributed by atoms with Gasteiger partial charge >= 0.3 is 0 Å². The second-order valence-electron chi connectivity index (χ2n) is 13.2. The van der Waals surface area contributed by atoms with Crippen LogP contribution in [0.1, 0.15) is 0 Å². The lowest BCUT2D eigenvalue weighted by molar-refractivity contribution is 1.01. The van der Waals surface area contributed by atoms with Crippen LogP contribution in [0.15, 0.2) is 176 Å². The van der Waals surface area contributed by atoms with Gasteiger partial charge in [-0.15, -0.1) is 0 Å². The van der Waals surface area contributed by atoms with Crippen LogP contribution in [-0.4, -0.2) is 24.1 Å². The number of hydrogen-bond donors (Lipinski definition) is 0. The summed E-state index contributed by atoms with van der Waals surface area (Å²) in [4.78, 5) is 15.3.